The Morgan fingerprint density at radius 1 is 1.10 bits per heavy atom. The third kappa shape index (κ3) is 5.79. The second-order valence-electron chi connectivity index (χ2n) is 9.00. The molecule has 1 aliphatic heterocycles. The second kappa shape index (κ2) is 9.73. The summed E-state index contributed by atoms with van der Waals surface area (Å²) in [5.74, 6) is 1.29. The molecule has 0 spiro atoms. The van der Waals surface area contributed by atoms with Crippen molar-refractivity contribution < 1.29 is 14.3 Å². The SMILES string of the molecule is COc1ccc(C(=O)NC2CC2)c(OC2CCN([C@H](C)Cc3ccc(C)cc3)CC2)c1. The summed E-state index contributed by atoms with van der Waals surface area (Å²) >= 11 is 0. The number of methoxy groups -OCH3 is 1. The van der Waals surface area contributed by atoms with E-state index in [1.165, 1.54) is 11.1 Å². The number of carbonyl (C=O) groups excluding carboxylic acids is 1. The van der Waals surface area contributed by atoms with Gasteiger partial charge in [-0.05, 0) is 63.6 Å². The largest absolute Gasteiger partial charge is 0.497 e. The molecule has 1 aliphatic carbocycles. The number of likely N-dealkylation sites (tertiary alicyclic amines) is 1. The van der Waals surface area contributed by atoms with Crippen LogP contribution in [0, 0.1) is 6.92 Å². The monoisotopic (exact) mass is 422 g/mol. The topological polar surface area (TPSA) is 50.8 Å². The van der Waals surface area contributed by atoms with Crippen molar-refractivity contribution >= 4 is 5.91 Å². The first-order valence-electron chi connectivity index (χ1n) is 11.5. The summed E-state index contributed by atoms with van der Waals surface area (Å²) in [7, 11) is 1.64. The van der Waals surface area contributed by atoms with E-state index in [1.807, 2.05) is 18.2 Å². The highest BCUT2D eigenvalue weighted by atomic mass is 16.5. The van der Waals surface area contributed by atoms with E-state index in [9.17, 15) is 4.79 Å². The van der Waals surface area contributed by atoms with Gasteiger partial charge < -0.3 is 19.7 Å². The zero-order valence-electron chi connectivity index (χ0n) is 18.9. The van der Waals surface area contributed by atoms with E-state index in [4.69, 9.17) is 9.47 Å². The molecule has 2 aromatic carbocycles. The van der Waals surface area contributed by atoms with Crippen molar-refractivity contribution in [1.82, 2.24) is 10.2 Å². The van der Waals surface area contributed by atoms with Gasteiger partial charge in [0.25, 0.3) is 5.91 Å². The molecule has 1 amide bonds. The minimum atomic E-state index is -0.0516. The third-order valence-electron chi connectivity index (χ3n) is 6.39. The van der Waals surface area contributed by atoms with Crippen LogP contribution in [0.3, 0.4) is 0 Å². The maximum atomic E-state index is 12.7. The minimum absolute atomic E-state index is 0.0516. The number of aryl methyl sites for hydroxylation is 1. The summed E-state index contributed by atoms with van der Waals surface area (Å²) in [6.07, 6.45) is 5.22. The molecule has 0 radical (unpaired) electrons. The molecule has 2 aromatic rings. The number of piperidine rings is 1. The van der Waals surface area contributed by atoms with Crippen LogP contribution in [0.1, 0.15) is 54.1 Å². The van der Waals surface area contributed by atoms with Gasteiger partial charge in [0.2, 0.25) is 0 Å². The Kier molecular flexibility index (Phi) is 6.81. The number of ether oxygens (including phenoxy) is 2. The van der Waals surface area contributed by atoms with Gasteiger partial charge in [0, 0.05) is 31.2 Å². The molecule has 1 atom stereocenters. The van der Waals surface area contributed by atoms with Crippen LogP contribution in [-0.4, -0.2) is 49.2 Å². The van der Waals surface area contributed by atoms with Gasteiger partial charge in [0.1, 0.15) is 17.6 Å². The molecule has 2 aliphatic rings. The Labute approximate surface area is 185 Å². The summed E-state index contributed by atoms with van der Waals surface area (Å²) in [5.41, 5.74) is 3.29. The number of rotatable bonds is 8. The Bertz CT molecular complexity index is 884. The fraction of sp³-hybridized carbons (Fsp3) is 0.500. The standard InChI is InChI=1S/C26H34N2O3/c1-18-4-6-20(7-5-18)16-19(2)28-14-12-22(13-15-28)31-25-17-23(30-3)10-11-24(25)26(29)27-21-8-9-21/h4-7,10-11,17,19,21-22H,8-9,12-16H2,1-3H3,(H,27,29)/t19-/m1/s1. The van der Waals surface area contributed by atoms with Crippen molar-refractivity contribution in [2.45, 2.75) is 64.1 Å². The fourth-order valence-corrected chi connectivity index (χ4v) is 4.21. The molecule has 4 rings (SSSR count). The molecular weight excluding hydrogens is 388 g/mol. The summed E-state index contributed by atoms with van der Waals surface area (Å²) in [6.45, 7) is 6.45. The number of amides is 1. The van der Waals surface area contributed by atoms with E-state index in [0.29, 0.717) is 29.1 Å². The molecule has 5 nitrogen and oxygen atoms in total. The first-order valence-corrected chi connectivity index (χ1v) is 11.5. The lowest BCUT2D eigenvalue weighted by molar-refractivity contribution is 0.0776. The van der Waals surface area contributed by atoms with Crippen molar-refractivity contribution in [2.24, 2.45) is 0 Å². The molecule has 1 saturated carbocycles. The Morgan fingerprint density at radius 2 is 1.81 bits per heavy atom. The van der Waals surface area contributed by atoms with Gasteiger partial charge in [-0.25, -0.2) is 0 Å². The van der Waals surface area contributed by atoms with Crippen LogP contribution in [0.15, 0.2) is 42.5 Å². The fourth-order valence-electron chi connectivity index (χ4n) is 4.21. The van der Waals surface area contributed by atoms with Crippen LogP contribution in [-0.2, 0) is 6.42 Å². The molecule has 5 heteroatoms. The van der Waals surface area contributed by atoms with E-state index in [-0.39, 0.29) is 12.0 Å². The Morgan fingerprint density at radius 3 is 2.45 bits per heavy atom. The Hall–Kier alpha value is -2.53. The average Bonchev–Trinajstić information content (AvgIpc) is 3.59. The molecule has 2 fully saturated rings. The van der Waals surface area contributed by atoms with Crippen LogP contribution in [0.5, 0.6) is 11.5 Å². The highest BCUT2D eigenvalue weighted by molar-refractivity contribution is 5.97. The van der Waals surface area contributed by atoms with Gasteiger partial charge in [0.05, 0.1) is 12.7 Å². The molecule has 0 aromatic heterocycles. The van der Waals surface area contributed by atoms with Crippen molar-refractivity contribution in [3.8, 4) is 11.5 Å². The summed E-state index contributed by atoms with van der Waals surface area (Å²) in [6, 6.07) is 15.1. The Balaban J connectivity index is 1.34. The van der Waals surface area contributed by atoms with E-state index in [0.717, 1.165) is 45.2 Å². The second-order valence-corrected chi connectivity index (χ2v) is 9.00. The number of hydrogen-bond donors (Lipinski definition) is 1. The van der Waals surface area contributed by atoms with Crippen molar-refractivity contribution in [2.75, 3.05) is 20.2 Å². The summed E-state index contributed by atoms with van der Waals surface area (Å²) in [5, 5.41) is 3.07. The molecule has 1 N–H and O–H groups in total. The molecule has 0 unspecified atom stereocenters. The van der Waals surface area contributed by atoms with Gasteiger partial charge in [-0.2, -0.15) is 0 Å². The van der Waals surface area contributed by atoms with Crippen LogP contribution in [0.4, 0.5) is 0 Å². The average molecular weight is 423 g/mol. The number of nitrogens with zero attached hydrogens (tertiary/aromatic N) is 1. The maximum absolute atomic E-state index is 12.7. The number of nitrogens with one attached hydrogen (secondary N) is 1. The van der Waals surface area contributed by atoms with Crippen molar-refractivity contribution in [3.63, 3.8) is 0 Å². The quantitative estimate of drug-likeness (QED) is 0.686. The minimum Gasteiger partial charge on any atom is -0.497 e. The number of benzene rings is 2. The van der Waals surface area contributed by atoms with Gasteiger partial charge >= 0.3 is 0 Å². The molecule has 1 saturated heterocycles. The maximum Gasteiger partial charge on any atom is 0.255 e. The van der Waals surface area contributed by atoms with Crippen LogP contribution in [0.2, 0.25) is 0 Å². The lowest BCUT2D eigenvalue weighted by Gasteiger charge is -2.36. The van der Waals surface area contributed by atoms with E-state index < -0.39 is 0 Å². The highest BCUT2D eigenvalue weighted by Gasteiger charge is 2.28. The van der Waals surface area contributed by atoms with E-state index in [1.54, 1.807) is 7.11 Å². The molecular formula is C26H34N2O3. The molecule has 166 valence electrons. The van der Waals surface area contributed by atoms with Gasteiger partial charge in [0.15, 0.2) is 0 Å². The predicted octanol–water partition coefficient (Wildman–Crippen LogP) is 4.37. The molecule has 0 bridgehead atoms. The van der Waals surface area contributed by atoms with Crippen LogP contribution < -0.4 is 14.8 Å². The molecule has 31 heavy (non-hydrogen) atoms. The van der Waals surface area contributed by atoms with Crippen molar-refractivity contribution in [1.29, 1.82) is 0 Å². The number of carbonyl (C=O) groups is 1. The normalized spacial score (nSPS) is 18.4. The van der Waals surface area contributed by atoms with Crippen molar-refractivity contribution in [3.05, 3.63) is 59.2 Å². The summed E-state index contributed by atoms with van der Waals surface area (Å²) < 4.78 is 11.7. The van der Waals surface area contributed by atoms with Gasteiger partial charge in [-0.1, -0.05) is 29.8 Å². The molecule has 1 heterocycles. The summed E-state index contributed by atoms with van der Waals surface area (Å²) in [4.78, 5) is 15.2. The highest BCUT2D eigenvalue weighted by Crippen LogP contribution is 2.29. The van der Waals surface area contributed by atoms with E-state index in [2.05, 4.69) is 48.3 Å². The first-order chi connectivity index (χ1) is 15.0. The number of hydrogen-bond acceptors (Lipinski definition) is 4. The van der Waals surface area contributed by atoms with E-state index >= 15 is 0 Å². The van der Waals surface area contributed by atoms with Gasteiger partial charge in [-0.3, -0.25) is 4.79 Å². The van der Waals surface area contributed by atoms with Gasteiger partial charge in [-0.15, -0.1) is 0 Å². The first kappa shape index (κ1) is 21.7. The zero-order chi connectivity index (χ0) is 21.8. The van der Waals surface area contributed by atoms with Crippen LogP contribution >= 0.6 is 0 Å². The predicted molar refractivity (Wildman–Crippen MR) is 123 cm³/mol. The lowest BCUT2D eigenvalue weighted by atomic mass is 10.0. The zero-order valence-corrected chi connectivity index (χ0v) is 18.9. The third-order valence-corrected chi connectivity index (χ3v) is 6.39. The smallest absolute Gasteiger partial charge is 0.255 e. The lowest BCUT2D eigenvalue weighted by Crippen LogP contribution is -2.43. The van der Waals surface area contributed by atoms with Crippen LogP contribution in [0.25, 0.3) is 0 Å².